The molecule has 0 aliphatic rings. The molecule has 6 nitrogen and oxygen atoms in total. The number of hydrogen-bond acceptors (Lipinski definition) is 4. The summed E-state index contributed by atoms with van der Waals surface area (Å²) < 4.78 is 34.4. The summed E-state index contributed by atoms with van der Waals surface area (Å²) in [5, 5.41) is 3.05. The van der Waals surface area contributed by atoms with E-state index in [4.69, 9.17) is 4.74 Å². The Morgan fingerprint density at radius 3 is 2.11 bits per heavy atom. The first kappa shape index (κ1) is 26.8. The number of hydrogen-bond donors (Lipinski definition) is 1. The molecule has 1 amide bonds. The smallest absolute Gasteiger partial charge is 0.264 e. The number of benzene rings is 3. The minimum atomic E-state index is -3.97. The van der Waals surface area contributed by atoms with Gasteiger partial charge >= 0.3 is 0 Å². The molecule has 0 aliphatic carbocycles. The Hall–Kier alpha value is -2.84. The second kappa shape index (κ2) is 11.7. The van der Waals surface area contributed by atoms with Crippen molar-refractivity contribution < 1.29 is 17.9 Å². The fourth-order valence-electron chi connectivity index (χ4n) is 3.72. The number of halogens is 1. The van der Waals surface area contributed by atoms with E-state index in [-0.39, 0.29) is 23.4 Å². The van der Waals surface area contributed by atoms with Gasteiger partial charge in [-0.1, -0.05) is 59.6 Å². The van der Waals surface area contributed by atoms with E-state index in [0.29, 0.717) is 18.0 Å². The van der Waals surface area contributed by atoms with Crippen molar-refractivity contribution in [3.05, 3.63) is 88.4 Å². The molecule has 35 heavy (non-hydrogen) atoms. The molecule has 0 radical (unpaired) electrons. The van der Waals surface area contributed by atoms with Gasteiger partial charge in [-0.15, -0.1) is 0 Å². The molecule has 1 atom stereocenters. The van der Waals surface area contributed by atoms with Crippen LogP contribution in [0.2, 0.25) is 0 Å². The van der Waals surface area contributed by atoms with Crippen LogP contribution in [0.1, 0.15) is 37.4 Å². The van der Waals surface area contributed by atoms with Crippen LogP contribution in [0.4, 0.5) is 5.69 Å². The number of carbonyl (C=O) groups is 1. The molecule has 1 N–H and O–H groups in total. The number of carbonyl (C=O) groups excluding carboxylic acids is 1. The molecule has 3 rings (SSSR count). The predicted molar refractivity (Wildman–Crippen MR) is 143 cm³/mol. The number of ether oxygens (including phenoxy) is 1. The number of amides is 1. The maximum absolute atomic E-state index is 13.6. The molecule has 186 valence electrons. The molecule has 3 aromatic rings. The van der Waals surface area contributed by atoms with Gasteiger partial charge < -0.3 is 10.1 Å². The van der Waals surface area contributed by atoms with E-state index in [2.05, 4.69) is 35.1 Å². The van der Waals surface area contributed by atoms with Gasteiger partial charge in [-0.25, -0.2) is 8.42 Å². The first-order valence-electron chi connectivity index (χ1n) is 11.4. The zero-order valence-electron chi connectivity index (χ0n) is 20.4. The van der Waals surface area contributed by atoms with Crippen molar-refractivity contribution in [2.45, 2.75) is 38.1 Å². The first-order valence-corrected chi connectivity index (χ1v) is 13.6. The predicted octanol–water partition coefficient (Wildman–Crippen LogP) is 5.87. The van der Waals surface area contributed by atoms with Crippen LogP contribution < -0.4 is 14.4 Å². The van der Waals surface area contributed by atoms with E-state index in [1.807, 2.05) is 31.2 Å². The highest BCUT2D eigenvalue weighted by molar-refractivity contribution is 9.10. The number of sulfonamides is 1. The standard InChI is InChI=1S/C27H31BrN2O4S/c1-19(2)17-26(21-7-13-24(34-4)14-8-21)29-27(31)18-30(23-11-9-22(28)10-12-23)35(32,33)25-15-5-20(3)6-16-25/h5-16,19,26H,17-18H2,1-4H3,(H,29,31)/t26-/m0/s1. The van der Waals surface area contributed by atoms with Gasteiger partial charge in [0, 0.05) is 4.47 Å². The van der Waals surface area contributed by atoms with E-state index >= 15 is 0 Å². The summed E-state index contributed by atoms with van der Waals surface area (Å²) in [4.78, 5) is 13.4. The lowest BCUT2D eigenvalue weighted by Crippen LogP contribution is -2.42. The number of rotatable bonds is 10. The normalized spacial score (nSPS) is 12.3. The zero-order valence-corrected chi connectivity index (χ0v) is 22.8. The topological polar surface area (TPSA) is 75.7 Å². The summed E-state index contributed by atoms with van der Waals surface area (Å²) in [5.41, 5.74) is 2.30. The molecule has 0 bridgehead atoms. The molecule has 0 saturated carbocycles. The van der Waals surface area contributed by atoms with Crippen molar-refractivity contribution in [3.8, 4) is 5.75 Å². The fraction of sp³-hybridized carbons (Fsp3) is 0.296. The third kappa shape index (κ3) is 7.08. The van der Waals surface area contributed by atoms with Crippen LogP contribution in [0.15, 0.2) is 82.2 Å². The molecule has 0 aliphatic heterocycles. The van der Waals surface area contributed by atoms with Crippen LogP contribution >= 0.6 is 15.9 Å². The maximum Gasteiger partial charge on any atom is 0.264 e. The Bertz CT molecular complexity index is 1230. The Morgan fingerprint density at radius 1 is 0.971 bits per heavy atom. The Balaban J connectivity index is 1.91. The van der Waals surface area contributed by atoms with Crippen molar-refractivity contribution in [2.24, 2.45) is 5.92 Å². The highest BCUT2D eigenvalue weighted by atomic mass is 79.9. The van der Waals surface area contributed by atoms with Gasteiger partial charge in [-0.2, -0.15) is 0 Å². The monoisotopic (exact) mass is 558 g/mol. The SMILES string of the molecule is COc1ccc([C@H](CC(C)C)NC(=O)CN(c2ccc(Br)cc2)S(=O)(=O)c2ccc(C)cc2)cc1. The molecular formula is C27H31BrN2O4S. The lowest BCUT2D eigenvalue weighted by atomic mass is 9.97. The van der Waals surface area contributed by atoms with Crippen molar-refractivity contribution in [2.75, 3.05) is 18.0 Å². The number of anilines is 1. The van der Waals surface area contributed by atoms with Crippen LogP contribution in [0, 0.1) is 12.8 Å². The summed E-state index contributed by atoms with van der Waals surface area (Å²) in [6.45, 7) is 5.71. The number of methoxy groups -OCH3 is 1. The quantitative estimate of drug-likeness (QED) is 0.338. The molecule has 0 heterocycles. The van der Waals surface area contributed by atoms with Crippen molar-refractivity contribution >= 4 is 37.5 Å². The zero-order chi connectivity index (χ0) is 25.6. The Kier molecular flexibility index (Phi) is 8.97. The second-order valence-electron chi connectivity index (χ2n) is 8.82. The third-order valence-electron chi connectivity index (χ3n) is 5.57. The first-order chi connectivity index (χ1) is 16.6. The van der Waals surface area contributed by atoms with E-state index < -0.39 is 10.0 Å². The van der Waals surface area contributed by atoms with Gasteiger partial charge in [0.15, 0.2) is 0 Å². The number of aryl methyl sites for hydroxylation is 1. The minimum absolute atomic E-state index is 0.132. The van der Waals surface area contributed by atoms with Crippen molar-refractivity contribution in [1.82, 2.24) is 5.32 Å². The van der Waals surface area contributed by atoms with Gasteiger partial charge in [-0.05, 0) is 73.4 Å². The Morgan fingerprint density at radius 2 is 1.57 bits per heavy atom. The van der Waals surface area contributed by atoms with Crippen molar-refractivity contribution in [3.63, 3.8) is 0 Å². The molecular weight excluding hydrogens is 528 g/mol. The van der Waals surface area contributed by atoms with Gasteiger partial charge in [0.25, 0.3) is 10.0 Å². The lowest BCUT2D eigenvalue weighted by molar-refractivity contribution is -0.120. The molecule has 0 saturated heterocycles. The third-order valence-corrected chi connectivity index (χ3v) is 7.89. The fourth-order valence-corrected chi connectivity index (χ4v) is 5.40. The number of nitrogens with zero attached hydrogens (tertiary/aromatic N) is 1. The summed E-state index contributed by atoms with van der Waals surface area (Å²) in [6, 6.07) is 20.8. The van der Waals surface area contributed by atoms with E-state index in [0.717, 1.165) is 25.7 Å². The van der Waals surface area contributed by atoms with Crippen molar-refractivity contribution in [1.29, 1.82) is 0 Å². The summed E-state index contributed by atoms with van der Waals surface area (Å²) in [6.07, 6.45) is 0.709. The van der Waals surface area contributed by atoms with Crippen LogP contribution in [-0.4, -0.2) is 28.0 Å². The molecule has 3 aromatic carbocycles. The van der Waals surface area contributed by atoms with E-state index in [1.54, 1.807) is 55.6 Å². The molecule has 0 unspecified atom stereocenters. The van der Waals surface area contributed by atoms with Gasteiger partial charge in [0.2, 0.25) is 5.91 Å². The average molecular weight is 560 g/mol. The average Bonchev–Trinajstić information content (AvgIpc) is 2.83. The van der Waals surface area contributed by atoms with Gasteiger partial charge in [0.05, 0.1) is 23.7 Å². The highest BCUT2D eigenvalue weighted by Gasteiger charge is 2.28. The Labute approximate surface area is 216 Å². The van der Waals surface area contributed by atoms with Crippen LogP contribution in [0.25, 0.3) is 0 Å². The van der Waals surface area contributed by atoms with E-state index in [9.17, 15) is 13.2 Å². The van der Waals surface area contributed by atoms with Crippen LogP contribution in [0.3, 0.4) is 0 Å². The van der Waals surface area contributed by atoms with Crippen LogP contribution in [-0.2, 0) is 14.8 Å². The molecule has 0 aromatic heterocycles. The maximum atomic E-state index is 13.6. The lowest BCUT2D eigenvalue weighted by Gasteiger charge is -2.27. The second-order valence-corrected chi connectivity index (χ2v) is 11.6. The molecule has 8 heteroatoms. The highest BCUT2D eigenvalue weighted by Crippen LogP contribution is 2.27. The largest absolute Gasteiger partial charge is 0.497 e. The summed E-state index contributed by atoms with van der Waals surface area (Å²) >= 11 is 3.38. The van der Waals surface area contributed by atoms with E-state index in [1.165, 1.54) is 0 Å². The van der Waals surface area contributed by atoms with Gasteiger partial charge in [-0.3, -0.25) is 9.10 Å². The van der Waals surface area contributed by atoms with Gasteiger partial charge in [0.1, 0.15) is 12.3 Å². The van der Waals surface area contributed by atoms with Crippen LogP contribution in [0.5, 0.6) is 5.75 Å². The number of nitrogens with one attached hydrogen (secondary N) is 1. The molecule has 0 spiro atoms. The minimum Gasteiger partial charge on any atom is -0.497 e. The molecule has 0 fully saturated rings. The summed E-state index contributed by atoms with van der Waals surface area (Å²) in [7, 11) is -2.37. The summed E-state index contributed by atoms with van der Waals surface area (Å²) in [5.74, 6) is 0.667.